The molecule has 2 heterocycles. The number of nitrogen functional groups attached to an aromatic ring is 1. The fourth-order valence-corrected chi connectivity index (χ4v) is 3.05. The molecule has 0 unspecified atom stereocenters. The number of benzene rings is 1. The van der Waals surface area contributed by atoms with E-state index in [0.717, 1.165) is 27.6 Å². The second-order valence-corrected chi connectivity index (χ2v) is 5.83. The molecule has 1 aliphatic rings. The highest BCUT2D eigenvalue weighted by Gasteiger charge is 2.22. The standard InChI is InChI=1S/C14H14N2O2S/c1-8-10(6-13(15)19-8)9-3-4-12-11(5-9)16(2)14(17)7-18-12/h3-6H,7,15H2,1-2H3. The number of amides is 1. The number of fused-ring (bicyclic) bond motifs is 1. The fraction of sp³-hybridized carbons (Fsp3) is 0.214. The lowest BCUT2D eigenvalue weighted by Gasteiger charge is -2.26. The molecule has 0 fully saturated rings. The normalized spacial score (nSPS) is 14.2. The summed E-state index contributed by atoms with van der Waals surface area (Å²) in [5.41, 5.74) is 8.80. The van der Waals surface area contributed by atoms with Gasteiger partial charge in [-0.15, -0.1) is 11.3 Å². The van der Waals surface area contributed by atoms with E-state index in [1.165, 1.54) is 4.88 Å². The zero-order valence-corrected chi connectivity index (χ0v) is 11.6. The van der Waals surface area contributed by atoms with Crippen molar-refractivity contribution in [2.24, 2.45) is 0 Å². The third-order valence-corrected chi connectivity index (χ3v) is 4.17. The smallest absolute Gasteiger partial charge is 0.264 e. The summed E-state index contributed by atoms with van der Waals surface area (Å²) in [6.45, 7) is 2.15. The van der Waals surface area contributed by atoms with Gasteiger partial charge in [-0.2, -0.15) is 0 Å². The van der Waals surface area contributed by atoms with Crippen LogP contribution in [0.5, 0.6) is 5.75 Å². The zero-order valence-electron chi connectivity index (χ0n) is 10.8. The number of hydrogen-bond acceptors (Lipinski definition) is 4. The lowest BCUT2D eigenvalue weighted by molar-refractivity contribution is -0.120. The van der Waals surface area contributed by atoms with Gasteiger partial charge in [-0.05, 0) is 36.2 Å². The van der Waals surface area contributed by atoms with Crippen molar-refractivity contribution in [3.63, 3.8) is 0 Å². The Morgan fingerprint density at radius 3 is 2.84 bits per heavy atom. The summed E-state index contributed by atoms with van der Waals surface area (Å²) >= 11 is 1.57. The summed E-state index contributed by atoms with van der Waals surface area (Å²) in [6.07, 6.45) is 0. The Labute approximate surface area is 115 Å². The Bertz CT molecular complexity index is 663. The van der Waals surface area contributed by atoms with Crippen molar-refractivity contribution in [3.8, 4) is 16.9 Å². The molecule has 19 heavy (non-hydrogen) atoms. The third kappa shape index (κ3) is 1.96. The number of carbonyl (C=O) groups excluding carboxylic acids is 1. The second-order valence-electron chi connectivity index (χ2n) is 4.54. The van der Waals surface area contributed by atoms with Gasteiger partial charge in [-0.25, -0.2) is 0 Å². The number of nitrogens with zero attached hydrogens (tertiary/aromatic N) is 1. The molecule has 4 nitrogen and oxygen atoms in total. The van der Waals surface area contributed by atoms with Crippen molar-refractivity contribution in [1.82, 2.24) is 0 Å². The number of thiophene rings is 1. The van der Waals surface area contributed by atoms with Crippen LogP contribution in [0.25, 0.3) is 11.1 Å². The molecule has 0 saturated carbocycles. The summed E-state index contributed by atoms with van der Waals surface area (Å²) in [6, 6.07) is 7.84. The van der Waals surface area contributed by atoms with Crippen molar-refractivity contribution < 1.29 is 9.53 Å². The number of aryl methyl sites for hydroxylation is 1. The van der Waals surface area contributed by atoms with Crippen molar-refractivity contribution in [3.05, 3.63) is 29.1 Å². The molecule has 0 bridgehead atoms. The van der Waals surface area contributed by atoms with Gasteiger partial charge < -0.3 is 15.4 Å². The van der Waals surface area contributed by atoms with Crippen LogP contribution in [-0.2, 0) is 4.79 Å². The van der Waals surface area contributed by atoms with E-state index in [1.54, 1.807) is 23.3 Å². The maximum absolute atomic E-state index is 11.7. The molecule has 98 valence electrons. The van der Waals surface area contributed by atoms with Crippen LogP contribution in [0.4, 0.5) is 10.7 Å². The lowest BCUT2D eigenvalue weighted by atomic mass is 10.0. The number of ether oxygens (including phenoxy) is 1. The minimum atomic E-state index is -0.0359. The molecule has 3 rings (SSSR count). The Morgan fingerprint density at radius 1 is 1.37 bits per heavy atom. The molecule has 1 aromatic heterocycles. The maximum Gasteiger partial charge on any atom is 0.264 e. The zero-order chi connectivity index (χ0) is 13.6. The molecule has 0 radical (unpaired) electrons. The maximum atomic E-state index is 11.7. The minimum absolute atomic E-state index is 0.0359. The molecule has 1 amide bonds. The minimum Gasteiger partial charge on any atom is -0.482 e. The van der Waals surface area contributed by atoms with Gasteiger partial charge in [0.15, 0.2) is 6.61 Å². The van der Waals surface area contributed by atoms with E-state index in [1.807, 2.05) is 31.2 Å². The van der Waals surface area contributed by atoms with Crippen LogP contribution in [0, 0.1) is 6.92 Å². The van der Waals surface area contributed by atoms with Gasteiger partial charge in [-0.1, -0.05) is 6.07 Å². The van der Waals surface area contributed by atoms with Crippen molar-refractivity contribution in [2.75, 3.05) is 24.3 Å². The van der Waals surface area contributed by atoms with Crippen LogP contribution in [0.3, 0.4) is 0 Å². The first-order chi connectivity index (χ1) is 9.06. The Hall–Kier alpha value is -2.01. The highest BCUT2D eigenvalue weighted by Crippen LogP contribution is 2.38. The second kappa shape index (κ2) is 4.28. The van der Waals surface area contributed by atoms with E-state index >= 15 is 0 Å². The summed E-state index contributed by atoms with van der Waals surface area (Å²) in [5.74, 6) is 0.706. The first kappa shape index (κ1) is 12.0. The first-order valence-corrected chi connectivity index (χ1v) is 6.77. The predicted molar refractivity (Wildman–Crippen MR) is 77.8 cm³/mol. The van der Waals surface area contributed by atoms with E-state index in [9.17, 15) is 4.79 Å². The number of nitrogens with two attached hydrogens (primary N) is 1. The van der Waals surface area contributed by atoms with Crippen LogP contribution in [-0.4, -0.2) is 19.6 Å². The number of likely N-dealkylation sites (N-methyl/N-ethyl adjacent to an activating group) is 1. The number of rotatable bonds is 1. The van der Waals surface area contributed by atoms with Gasteiger partial charge in [0, 0.05) is 11.9 Å². The largest absolute Gasteiger partial charge is 0.482 e. The van der Waals surface area contributed by atoms with Crippen LogP contribution >= 0.6 is 11.3 Å². The Balaban J connectivity index is 2.11. The summed E-state index contributed by atoms with van der Waals surface area (Å²) < 4.78 is 5.42. The monoisotopic (exact) mass is 274 g/mol. The van der Waals surface area contributed by atoms with E-state index in [4.69, 9.17) is 10.5 Å². The molecule has 0 atom stereocenters. The van der Waals surface area contributed by atoms with Gasteiger partial charge in [0.05, 0.1) is 10.7 Å². The van der Waals surface area contributed by atoms with E-state index in [-0.39, 0.29) is 12.5 Å². The molecule has 1 aromatic carbocycles. The highest BCUT2D eigenvalue weighted by atomic mass is 32.1. The molecule has 2 N–H and O–H groups in total. The van der Waals surface area contributed by atoms with E-state index in [0.29, 0.717) is 0 Å². The van der Waals surface area contributed by atoms with E-state index in [2.05, 4.69) is 0 Å². The van der Waals surface area contributed by atoms with Gasteiger partial charge in [0.25, 0.3) is 5.91 Å². The quantitative estimate of drug-likeness (QED) is 0.869. The first-order valence-electron chi connectivity index (χ1n) is 5.96. The molecule has 0 aliphatic carbocycles. The summed E-state index contributed by atoms with van der Waals surface area (Å²) in [5, 5.41) is 0.797. The highest BCUT2D eigenvalue weighted by molar-refractivity contribution is 7.16. The average molecular weight is 274 g/mol. The third-order valence-electron chi connectivity index (χ3n) is 3.29. The van der Waals surface area contributed by atoms with Gasteiger partial charge in [-0.3, -0.25) is 4.79 Å². The van der Waals surface area contributed by atoms with Crippen molar-refractivity contribution >= 4 is 27.9 Å². The Kier molecular flexibility index (Phi) is 2.71. The summed E-state index contributed by atoms with van der Waals surface area (Å²) in [4.78, 5) is 14.5. The number of hydrogen-bond donors (Lipinski definition) is 1. The Morgan fingerprint density at radius 2 is 2.16 bits per heavy atom. The van der Waals surface area contributed by atoms with Crippen molar-refractivity contribution in [2.45, 2.75) is 6.92 Å². The summed E-state index contributed by atoms with van der Waals surface area (Å²) in [7, 11) is 1.77. The van der Waals surface area contributed by atoms with E-state index < -0.39 is 0 Å². The number of carbonyl (C=O) groups is 1. The molecular weight excluding hydrogens is 260 g/mol. The molecule has 1 aliphatic heterocycles. The van der Waals surface area contributed by atoms with Crippen LogP contribution in [0.1, 0.15) is 4.88 Å². The predicted octanol–water partition coefficient (Wildman–Crippen LogP) is 2.66. The topological polar surface area (TPSA) is 55.6 Å². The molecule has 5 heteroatoms. The molecule has 0 saturated heterocycles. The van der Waals surface area contributed by atoms with Gasteiger partial charge >= 0.3 is 0 Å². The molecular formula is C14H14N2O2S. The lowest BCUT2D eigenvalue weighted by Crippen LogP contribution is -2.35. The van der Waals surface area contributed by atoms with Gasteiger partial charge in [0.1, 0.15) is 5.75 Å². The number of anilines is 2. The van der Waals surface area contributed by atoms with Crippen LogP contribution in [0.2, 0.25) is 0 Å². The fourth-order valence-electron chi connectivity index (χ4n) is 2.23. The van der Waals surface area contributed by atoms with Gasteiger partial charge in [0.2, 0.25) is 0 Å². The van der Waals surface area contributed by atoms with Crippen molar-refractivity contribution in [1.29, 1.82) is 0 Å². The molecule has 0 spiro atoms. The SMILES string of the molecule is Cc1sc(N)cc1-c1ccc2c(c1)N(C)C(=O)CO2. The molecule has 2 aromatic rings. The average Bonchev–Trinajstić information content (AvgIpc) is 2.73. The van der Waals surface area contributed by atoms with Crippen LogP contribution < -0.4 is 15.4 Å². The van der Waals surface area contributed by atoms with Crippen LogP contribution in [0.15, 0.2) is 24.3 Å².